The maximum atomic E-state index is 12.2. The first-order valence-corrected chi connectivity index (χ1v) is 5.25. The third kappa shape index (κ3) is 2.32. The van der Waals surface area contributed by atoms with Crippen LogP contribution in [0.25, 0.3) is 0 Å². The van der Waals surface area contributed by atoms with Gasteiger partial charge >= 0.3 is 0 Å². The van der Waals surface area contributed by atoms with Gasteiger partial charge in [0.1, 0.15) is 6.67 Å². The molecule has 1 aromatic carbocycles. The molecule has 0 radical (unpaired) electrons. The fourth-order valence-corrected chi connectivity index (χ4v) is 1.98. The lowest BCUT2D eigenvalue weighted by atomic mass is 10.0. The predicted octanol–water partition coefficient (Wildman–Crippen LogP) is 2.45. The minimum atomic E-state index is -0.359. The average molecular weight is 193 g/mol. The molecule has 1 saturated heterocycles. The summed E-state index contributed by atoms with van der Waals surface area (Å²) in [5, 5.41) is 3.46. The van der Waals surface area contributed by atoms with Crippen LogP contribution in [0, 0.1) is 0 Å². The van der Waals surface area contributed by atoms with Gasteiger partial charge in [-0.05, 0) is 36.9 Å². The zero-order chi connectivity index (χ0) is 9.80. The predicted molar refractivity (Wildman–Crippen MR) is 56.0 cm³/mol. The normalized spacial score (nSPS) is 21.4. The molecule has 14 heavy (non-hydrogen) atoms. The molecule has 76 valence electrons. The van der Waals surface area contributed by atoms with Gasteiger partial charge in [0.05, 0.1) is 0 Å². The van der Waals surface area contributed by atoms with Crippen molar-refractivity contribution in [3.63, 3.8) is 0 Å². The Kier molecular flexibility index (Phi) is 3.14. The highest BCUT2D eigenvalue weighted by molar-refractivity contribution is 5.22. The first kappa shape index (κ1) is 9.66. The van der Waals surface area contributed by atoms with Crippen LogP contribution in [0.15, 0.2) is 24.3 Å². The van der Waals surface area contributed by atoms with E-state index in [0.717, 1.165) is 18.5 Å². The molecule has 0 saturated carbocycles. The van der Waals surface area contributed by atoms with Crippen molar-refractivity contribution >= 4 is 0 Å². The van der Waals surface area contributed by atoms with E-state index < -0.39 is 0 Å². The van der Waals surface area contributed by atoms with Crippen LogP contribution < -0.4 is 5.32 Å². The molecular weight excluding hydrogens is 177 g/mol. The minimum Gasteiger partial charge on any atom is -0.314 e. The average Bonchev–Trinajstić information content (AvgIpc) is 2.72. The van der Waals surface area contributed by atoms with Gasteiger partial charge in [-0.2, -0.15) is 0 Å². The molecule has 0 spiro atoms. The van der Waals surface area contributed by atoms with Crippen LogP contribution in [0.2, 0.25) is 0 Å². The molecular formula is C12H16FN. The summed E-state index contributed by atoms with van der Waals surface area (Å²) in [6.45, 7) is 0.787. The van der Waals surface area contributed by atoms with E-state index in [1.54, 1.807) is 0 Å². The van der Waals surface area contributed by atoms with Crippen molar-refractivity contribution in [2.45, 2.75) is 32.0 Å². The molecule has 1 heterocycles. The maximum Gasteiger partial charge on any atom is 0.115 e. The molecule has 0 aromatic heterocycles. The molecule has 0 amide bonds. The number of nitrogens with one attached hydrogen (secondary N) is 1. The van der Waals surface area contributed by atoms with Gasteiger partial charge in [-0.3, -0.25) is 0 Å². The Morgan fingerprint density at radius 2 is 1.93 bits per heavy atom. The highest BCUT2D eigenvalue weighted by Gasteiger charge is 2.13. The zero-order valence-electron chi connectivity index (χ0n) is 8.30. The fraction of sp³-hybridized carbons (Fsp3) is 0.500. The van der Waals surface area contributed by atoms with Crippen molar-refractivity contribution in [1.82, 2.24) is 5.32 Å². The number of benzene rings is 1. The number of hydrogen-bond acceptors (Lipinski definition) is 1. The first-order valence-electron chi connectivity index (χ1n) is 5.25. The standard InChI is InChI=1S/C12H16FN/c13-9-11-5-3-10(4-6-11)8-12-2-1-7-14-12/h3-6,12,14H,1-2,7-9H2. The second-order valence-corrected chi connectivity index (χ2v) is 3.95. The van der Waals surface area contributed by atoms with Crippen molar-refractivity contribution in [2.75, 3.05) is 6.54 Å². The molecule has 2 rings (SSSR count). The van der Waals surface area contributed by atoms with Crippen LogP contribution in [-0.2, 0) is 13.1 Å². The highest BCUT2D eigenvalue weighted by atomic mass is 19.1. The van der Waals surface area contributed by atoms with E-state index in [1.807, 2.05) is 24.3 Å². The number of rotatable bonds is 3. The summed E-state index contributed by atoms with van der Waals surface area (Å²) in [4.78, 5) is 0. The topological polar surface area (TPSA) is 12.0 Å². The summed E-state index contributed by atoms with van der Waals surface area (Å²) in [6.07, 6.45) is 3.63. The van der Waals surface area contributed by atoms with E-state index in [0.29, 0.717) is 6.04 Å². The molecule has 2 heteroatoms. The second kappa shape index (κ2) is 4.56. The van der Waals surface area contributed by atoms with E-state index in [-0.39, 0.29) is 6.67 Å². The summed E-state index contributed by atoms with van der Waals surface area (Å²) in [7, 11) is 0. The van der Waals surface area contributed by atoms with Crippen molar-refractivity contribution in [3.05, 3.63) is 35.4 Å². The van der Waals surface area contributed by atoms with E-state index in [2.05, 4.69) is 5.32 Å². The Balaban J connectivity index is 1.95. The van der Waals surface area contributed by atoms with Gasteiger partial charge < -0.3 is 5.32 Å². The smallest absolute Gasteiger partial charge is 0.115 e. The number of halogens is 1. The SMILES string of the molecule is FCc1ccc(CC2CCCN2)cc1. The van der Waals surface area contributed by atoms with E-state index in [4.69, 9.17) is 0 Å². The molecule has 1 N–H and O–H groups in total. The van der Waals surface area contributed by atoms with Gasteiger partial charge in [-0.1, -0.05) is 24.3 Å². The van der Waals surface area contributed by atoms with Gasteiger partial charge in [-0.15, -0.1) is 0 Å². The molecule has 1 atom stereocenters. The van der Waals surface area contributed by atoms with E-state index in [9.17, 15) is 4.39 Å². The lowest BCUT2D eigenvalue weighted by molar-refractivity contribution is 0.485. The summed E-state index contributed by atoms with van der Waals surface area (Å²) in [5.74, 6) is 0. The first-order chi connectivity index (χ1) is 6.88. The lowest BCUT2D eigenvalue weighted by Gasteiger charge is -2.09. The molecule has 1 unspecified atom stereocenters. The molecule has 0 aliphatic carbocycles. The molecule has 1 aliphatic heterocycles. The molecule has 0 bridgehead atoms. The zero-order valence-corrected chi connectivity index (χ0v) is 8.30. The van der Waals surface area contributed by atoms with Crippen LogP contribution >= 0.6 is 0 Å². The van der Waals surface area contributed by atoms with Gasteiger partial charge in [0.2, 0.25) is 0 Å². The monoisotopic (exact) mass is 193 g/mol. The summed E-state index contributed by atoms with van der Waals surface area (Å²) in [5.41, 5.74) is 2.08. The van der Waals surface area contributed by atoms with Crippen molar-refractivity contribution < 1.29 is 4.39 Å². The Hall–Kier alpha value is -0.890. The van der Waals surface area contributed by atoms with Crippen molar-refractivity contribution in [1.29, 1.82) is 0 Å². The second-order valence-electron chi connectivity index (χ2n) is 3.95. The number of hydrogen-bond donors (Lipinski definition) is 1. The summed E-state index contributed by atoms with van der Waals surface area (Å²) in [6, 6.07) is 8.46. The van der Waals surface area contributed by atoms with Crippen molar-refractivity contribution in [3.8, 4) is 0 Å². The minimum absolute atomic E-state index is 0.359. The maximum absolute atomic E-state index is 12.2. The van der Waals surface area contributed by atoms with Gasteiger partial charge in [0.25, 0.3) is 0 Å². The van der Waals surface area contributed by atoms with E-state index in [1.165, 1.54) is 18.4 Å². The molecule has 1 nitrogen and oxygen atoms in total. The van der Waals surface area contributed by atoms with Crippen LogP contribution in [-0.4, -0.2) is 12.6 Å². The Labute approximate surface area is 84.3 Å². The van der Waals surface area contributed by atoms with Crippen LogP contribution in [0.3, 0.4) is 0 Å². The molecule has 1 aromatic rings. The lowest BCUT2D eigenvalue weighted by Crippen LogP contribution is -2.23. The number of alkyl halides is 1. The van der Waals surface area contributed by atoms with Gasteiger partial charge in [0.15, 0.2) is 0 Å². The largest absolute Gasteiger partial charge is 0.314 e. The molecule has 1 aliphatic rings. The fourth-order valence-electron chi connectivity index (χ4n) is 1.98. The van der Waals surface area contributed by atoms with Crippen molar-refractivity contribution in [2.24, 2.45) is 0 Å². The quantitative estimate of drug-likeness (QED) is 0.777. The van der Waals surface area contributed by atoms with Crippen LogP contribution in [0.5, 0.6) is 0 Å². The van der Waals surface area contributed by atoms with Crippen LogP contribution in [0.1, 0.15) is 24.0 Å². The highest BCUT2D eigenvalue weighted by Crippen LogP contribution is 2.13. The third-order valence-corrected chi connectivity index (χ3v) is 2.82. The Morgan fingerprint density at radius 3 is 2.50 bits per heavy atom. The van der Waals surface area contributed by atoms with Crippen LogP contribution in [0.4, 0.5) is 4.39 Å². The van der Waals surface area contributed by atoms with Gasteiger partial charge in [0, 0.05) is 6.04 Å². The summed E-state index contributed by atoms with van der Waals surface area (Å²) >= 11 is 0. The summed E-state index contributed by atoms with van der Waals surface area (Å²) < 4.78 is 12.2. The van der Waals surface area contributed by atoms with Gasteiger partial charge in [-0.25, -0.2) is 4.39 Å². The third-order valence-electron chi connectivity index (χ3n) is 2.82. The Bertz CT molecular complexity index is 275. The van der Waals surface area contributed by atoms with E-state index >= 15 is 0 Å². The Morgan fingerprint density at radius 1 is 1.21 bits per heavy atom. The molecule has 1 fully saturated rings.